The first-order valence-corrected chi connectivity index (χ1v) is 7.40. The third kappa shape index (κ3) is 3.70. The largest absolute Gasteiger partial charge is 0.482 e. The summed E-state index contributed by atoms with van der Waals surface area (Å²) in [7, 11) is 1.89. The minimum atomic E-state index is -0.187. The van der Waals surface area contributed by atoms with Crippen LogP contribution in [-0.4, -0.2) is 18.6 Å². The van der Waals surface area contributed by atoms with Crippen molar-refractivity contribution >= 4 is 22.9 Å². The Morgan fingerprint density at radius 3 is 3.05 bits per heavy atom. The summed E-state index contributed by atoms with van der Waals surface area (Å²) in [6, 6.07) is 7.12. The highest BCUT2D eigenvalue weighted by molar-refractivity contribution is 7.09. The molecule has 0 fully saturated rings. The van der Waals surface area contributed by atoms with E-state index in [0.717, 1.165) is 18.0 Å². The number of benzene rings is 1. The van der Waals surface area contributed by atoms with Gasteiger partial charge in [0.25, 0.3) is 0 Å². The van der Waals surface area contributed by atoms with Gasteiger partial charge in [0.1, 0.15) is 16.8 Å². The molecule has 0 saturated heterocycles. The van der Waals surface area contributed by atoms with E-state index in [1.807, 2.05) is 12.4 Å². The van der Waals surface area contributed by atoms with Crippen LogP contribution in [0.1, 0.15) is 23.1 Å². The van der Waals surface area contributed by atoms with Crippen molar-refractivity contribution < 1.29 is 4.74 Å². The Kier molecular flexibility index (Phi) is 5.36. The number of thiazole rings is 1. The molecule has 104 valence electrons. The Hall–Kier alpha value is -1.61. The third-order valence-electron chi connectivity index (χ3n) is 2.72. The molecule has 1 aromatic heterocycles. The minimum Gasteiger partial charge on any atom is -0.482 e. The van der Waals surface area contributed by atoms with Crippen molar-refractivity contribution in [2.75, 3.05) is 13.6 Å². The highest BCUT2D eigenvalue weighted by Crippen LogP contribution is 2.30. The summed E-state index contributed by atoms with van der Waals surface area (Å²) in [4.78, 5) is 4.29. The molecule has 0 amide bonds. The average Bonchev–Trinajstić information content (AvgIpc) is 2.97. The van der Waals surface area contributed by atoms with Gasteiger partial charge in [-0.25, -0.2) is 4.98 Å². The monoisotopic (exact) mass is 307 g/mol. The number of aromatic nitrogens is 1. The Labute approximate surface area is 127 Å². The van der Waals surface area contributed by atoms with Crippen LogP contribution in [0.15, 0.2) is 29.8 Å². The van der Waals surface area contributed by atoms with E-state index >= 15 is 0 Å². The fourth-order valence-electron chi connectivity index (χ4n) is 1.74. The van der Waals surface area contributed by atoms with Gasteiger partial charge in [0, 0.05) is 29.1 Å². The Bertz CT molecular complexity index is 595. The predicted octanol–water partition coefficient (Wildman–Crippen LogP) is 3.40. The maximum Gasteiger partial charge on any atom is 0.151 e. The molecule has 1 aromatic carbocycles. The molecular weight excluding hydrogens is 294 g/mol. The van der Waals surface area contributed by atoms with Gasteiger partial charge in [0.2, 0.25) is 0 Å². The van der Waals surface area contributed by atoms with E-state index in [1.54, 1.807) is 24.4 Å². The summed E-state index contributed by atoms with van der Waals surface area (Å²) in [5.41, 5.74) is 0.473. The van der Waals surface area contributed by atoms with Crippen molar-refractivity contribution in [2.24, 2.45) is 0 Å². The van der Waals surface area contributed by atoms with Gasteiger partial charge in [-0.2, -0.15) is 5.26 Å². The van der Waals surface area contributed by atoms with Gasteiger partial charge >= 0.3 is 0 Å². The predicted molar refractivity (Wildman–Crippen MR) is 80.2 cm³/mol. The number of nitriles is 1. The summed E-state index contributed by atoms with van der Waals surface area (Å²) in [5.74, 6) is 0.497. The molecule has 0 aliphatic rings. The van der Waals surface area contributed by atoms with Crippen LogP contribution in [0.3, 0.4) is 0 Å². The van der Waals surface area contributed by atoms with Crippen LogP contribution in [0.5, 0.6) is 5.75 Å². The molecule has 0 saturated carbocycles. The molecule has 2 rings (SSSR count). The van der Waals surface area contributed by atoms with Crippen LogP contribution in [0.2, 0.25) is 5.02 Å². The Balaban J connectivity index is 2.24. The zero-order chi connectivity index (χ0) is 14.4. The van der Waals surface area contributed by atoms with Crippen molar-refractivity contribution in [3.63, 3.8) is 0 Å². The number of nitrogens with zero attached hydrogens (tertiary/aromatic N) is 2. The van der Waals surface area contributed by atoms with Gasteiger partial charge in [-0.05, 0) is 25.7 Å². The van der Waals surface area contributed by atoms with Crippen LogP contribution >= 0.6 is 22.9 Å². The fourth-order valence-corrected chi connectivity index (χ4v) is 2.60. The molecule has 0 bridgehead atoms. The molecule has 6 heteroatoms. The molecule has 0 radical (unpaired) electrons. The van der Waals surface area contributed by atoms with E-state index in [4.69, 9.17) is 21.6 Å². The number of nitrogens with one attached hydrogen (secondary N) is 1. The first-order valence-electron chi connectivity index (χ1n) is 6.15. The number of rotatable bonds is 6. The molecule has 4 nitrogen and oxygen atoms in total. The van der Waals surface area contributed by atoms with Gasteiger partial charge in [-0.15, -0.1) is 11.3 Å². The van der Waals surface area contributed by atoms with Crippen molar-refractivity contribution in [1.29, 1.82) is 5.26 Å². The quantitative estimate of drug-likeness (QED) is 0.888. The normalized spacial score (nSPS) is 11.8. The summed E-state index contributed by atoms with van der Waals surface area (Å²) in [6.07, 6.45) is 2.33. The minimum absolute atomic E-state index is 0.187. The second-order valence-electron chi connectivity index (χ2n) is 4.12. The van der Waals surface area contributed by atoms with E-state index in [0.29, 0.717) is 16.3 Å². The van der Waals surface area contributed by atoms with Crippen LogP contribution in [0, 0.1) is 11.3 Å². The zero-order valence-corrected chi connectivity index (χ0v) is 12.5. The number of ether oxygens (including phenoxy) is 1. The molecule has 1 N–H and O–H groups in total. The molecule has 0 unspecified atom stereocenters. The second-order valence-corrected chi connectivity index (χ2v) is 5.48. The maximum absolute atomic E-state index is 9.13. The van der Waals surface area contributed by atoms with Gasteiger partial charge in [0.05, 0.1) is 5.56 Å². The van der Waals surface area contributed by atoms with Gasteiger partial charge in [-0.3, -0.25) is 0 Å². The Morgan fingerprint density at radius 2 is 2.40 bits per heavy atom. The highest BCUT2D eigenvalue weighted by Gasteiger charge is 2.17. The van der Waals surface area contributed by atoms with E-state index in [9.17, 15) is 0 Å². The lowest BCUT2D eigenvalue weighted by molar-refractivity contribution is 0.194. The molecule has 20 heavy (non-hydrogen) atoms. The van der Waals surface area contributed by atoms with Crippen LogP contribution < -0.4 is 10.1 Å². The molecule has 0 spiro atoms. The summed E-state index contributed by atoms with van der Waals surface area (Å²) >= 11 is 7.51. The van der Waals surface area contributed by atoms with E-state index < -0.39 is 0 Å². The van der Waals surface area contributed by atoms with Crippen LogP contribution in [0.4, 0.5) is 0 Å². The van der Waals surface area contributed by atoms with Crippen molar-refractivity contribution in [3.8, 4) is 11.8 Å². The summed E-state index contributed by atoms with van der Waals surface area (Å²) in [5, 5.41) is 15.6. The number of hydrogen-bond donors (Lipinski definition) is 1. The van der Waals surface area contributed by atoms with Crippen LogP contribution in [-0.2, 0) is 0 Å². The van der Waals surface area contributed by atoms with E-state index in [1.165, 1.54) is 11.3 Å². The molecule has 0 aliphatic heterocycles. The lowest BCUT2D eigenvalue weighted by atomic mass is 10.2. The smallest absolute Gasteiger partial charge is 0.151 e. The third-order valence-corrected chi connectivity index (χ3v) is 3.82. The van der Waals surface area contributed by atoms with Gasteiger partial charge in [0.15, 0.2) is 6.10 Å². The highest BCUT2D eigenvalue weighted by atomic mass is 35.5. The fraction of sp³-hybridized carbons (Fsp3) is 0.286. The summed E-state index contributed by atoms with van der Waals surface area (Å²) < 4.78 is 5.96. The number of hydrogen-bond acceptors (Lipinski definition) is 5. The molecule has 0 aliphatic carbocycles. The maximum atomic E-state index is 9.13. The van der Waals surface area contributed by atoms with Gasteiger partial charge in [-0.1, -0.05) is 11.6 Å². The van der Waals surface area contributed by atoms with Crippen molar-refractivity contribution in [2.45, 2.75) is 12.5 Å². The second kappa shape index (κ2) is 7.25. The lowest BCUT2D eigenvalue weighted by Gasteiger charge is -2.18. The standard InChI is InChI=1S/C14H14ClN3OS/c1-17-5-4-12(14-18-6-7-20-14)19-13-8-11(15)3-2-10(13)9-16/h2-3,6-8,12,17H,4-5H2,1H3/t12-/m1/s1. The first-order chi connectivity index (χ1) is 9.74. The summed E-state index contributed by atoms with van der Waals surface area (Å²) in [6.45, 7) is 0.798. The van der Waals surface area contributed by atoms with E-state index in [-0.39, 0.29) is 6.10 Å². The van der Waals surface area contributed by atoms with Crippen LogP contribution in [0.25, 0.3) is 0 Å². The topological polar surface area (TPSA) is 57.9 Å². The molecule has 1 atom stereocenters. The SMILES string of the molecule is CNCC[C@@H](Oc1cc(Cl)ccc1C#N)c1nccs1. The van der Waals surface area contributed by atoms with Crippen molar-refractivity contribution in [3.05, 3.63) is 45.4 Å². The molecular formula is C14H14ClN3OS. The van der Waals surface area contributed by atoms with E-state index in [2.05, 4.69) is 16.4 Å². The van der Waals surface area contributed by atoms with Gasteiger partial charge < -0.3 is 10.1 Å². The first kappa shape index (κ1) is 14.8. The zero-order valence-electron chi connectivity index (χ0n) is 11.0. The average molecular weight is 308 g/mol. The lowest BCUT2D eigenvalue weighted by Crippen LogP contribution is -2.16. The van der Waals surface area contributed by atoms with Crippen molar-refractivity contribution in [1.82, 2.24) is 10.3 Å². The molecule has 1 heterocycles. The number of halogens is 1. The molecule has 2 aromatic rings. The Morgan fingerprint density at radius 1 is 1.55 bits per heavy atom.